The highest BCUT2D eigenvalue weighted by Gasteiger charge is 2.25. The molecular weight excluding hydrogens is 322 g/mol. The van der Waals surface area contributed by atoms with E-state index in [1.807, 2.05) is 24.8 Å². The molecule has 24 heavy (non-hydrogen) atoms. The van der Waals surface area contributed by atoms with Crippen molar-refractivity contribution in [2.45, 2.75) is 46.5 Å². The maximum Gasteiger partial charge on any atom is 0.219 e. The zero-order valence-corrected chi connectivity index (χ0v) is 15.4. The van der Waals surface area contributed by atoms with E-state index in [0.29, 0.717) is 6.54 Å². The molecule has 0 unspecified atom stereocenters. The molecule has 1 atom stereocenters. The van der Waals surface area contributed by atoms with Crippen LogP contribution in [0.15, 0.2) is 6.07 Å². The summed E-state index contributed by atoms with van der Waals surface area (Å²) in [6, 6.07) is 1.93. The summed E-state index contributed by atoms with van der Waals surface area (Å²) in [5.74, 6) is 1.90. The number of nitrogens with one attached hydrogen (secondary N) is 1. The maximum atomic E-state index is 11.7. The van der Waals surface area contributed by atoms with Gasteiger partial charge in [0.25, 0.3) is 0 Å². The van der Waals surface area contributed by atoms with Crippen LogP contribution in [0, 0.1) is 20.8 Å². The van der Waals surface area contributed by atoms with E-state index in [9.17, 15) is 4.79 Å². The Balaban J connectivity index is 1.82. The SMILES string of the molecule is CC(=O)N1CCC[C@@H](c2nc(C)cc(Nc3nc(C)c(C)s3)n2)C1. The van der Waals surface area contributed by atoms with Gasteiger partial charge in [-0.3, -0.25) is 4.79 Å². The third-order valence-electron chi connectivity index (χ3n) is 4.37. The van der Waals surface area contributed by atoms with Gasteiger partial charge in [-0.25, -0.2) is 15.0 Å². The first-order valence-corrected chi connectivity index (χ1v) is 9.06. The molecule has 2 aromatic rings. The Hall–Kier alpha value is -2.02. The van der Waals surface area contributed by atoms with Crippen molar-refractivity contribution in [1.29, 1.82) is 0 Å². The Morgan fingerprint density at radius 1 is 1.29 bits per heavy atom. The standard InChI is InChI=1S/C17H23N5OS/c1-10-8-15(21-17-19-11(2)12(3)24-17)20-16(18-10)14-6-5-7-22(9-14)13(4)23/h8,14H,5-7,9H2,1-4H3,(H,18,19,20,21)/t14-/m1/s1. The number of carbonyl (C=O) groups excluding carboxylic acids is 1. The number of rotatable bonds is 3. The Bertz CT molecular complexity index is 738. The molecule has 1 saturated heterocycles. The van der Waals surface area contributed by atoms with Crippen molar-refractivity contribution < 1.29 is 4.79 Å². The molecule has 128 valence electrons. The van der Waals surface area contributed by atoms with Gasteiger partial charge in [-0.1, -0.05) is 0 Å². The van der Waals surface area contributed by atoms with E-state index < -0.39 is 0 Å². The minimum Gasteiger partial charge on any atom is -0.342 e. The number of amides is 1. The highest BCUT2D eigenvalue weighted by molar-refractivity contribution is 7.15. The summed E-state index contributed by atoms with van der Waals surface area (Å²) < 4.78 is 0. The number of anilines is 2. The van der Waals surface area contributed by atoms with Crippen LogP contribution in [-0.2, 0) is 4.79 Å². The number of hydrogen-bond donors (Lipinski definition) is 1. The lowest BCUT2D eigenvalue weighted by Crippen LogP contribution is -2.38. The second-order valence-corrected chi connectivity index (χ2v) is 7.55. The second-order valence-electron chi connectivity index (χ2n) is 6.34. The number of aryl methyl sites for hydroxylation is 3. The number of piperidine rings is 1. The minimum absolute atomic E-state index is 0.124. The number of carbonyl (C=O) groups is 1. The monoisotopic (exact) mass is 345 g/mol. The van der Waals surface area contributed by atoms with Crippen molar-refractivity contribution in [2.24, 2.45) is 0 Å². The number of nitrogens with zero attached hydrogens (tertiary/aromatic N) is 4. The fraction of sp³-hybridized carbons (Fsp3) is 0.529. The fourth-order valence-electron chi connectivity index (χ4n) is 2.95. The molecule has 6 nitrogen and oxygen atoms in total. The van der Waals surface area contributed by atoms with Gasteiger partial charge >= 0.3 is 0 Å². The van der Waals surface area contributed by atoms with Crippen LogP contribution in [0.3, 0.4) is 0 Å². The molecule has 1 aliphatic rings. The van der Waals surface area contributed by atoms with Gasteiger partial charge in [0.1, 0.15) is 11.6 Å². The Morgan fingerprint density at radius 2 is 2.08 bits per heavy atom. The molecular formula is C17H23N5OS. The van der Waals surface area contributed by atoms with Crippen LogP contribution in [0.2, 0.25) is 0 Å². The summed E-state index contributed by atoms with van der Waals surface area (Å²) in [6.45, 7) is 9.20. The van der Waals surface area contributed by atoms with Crippen molar-refractivity contribution in [1.82, 2.24) is 19.9 Å². The lowest BCUT2D eigenvalue weighted by molar-refractivity contribution is -0.130. The molecule has 0 spiro atoms. The van der Waals surface area contributed by atoms with Crippen molar-refractivity contribution >= 4 is 28.2 Å². The molecule has 1 amide bonds. The van der Waals surface area contributed by atoms with Crippen LogP contribution in [-0.4, -0.2) is 38.8 Å². The first-order valence-electron chi connectivity index (χ1n) is 8.24. The Kier molecular flexibility index (Phi) is 4.80. The number of likely N-dealkylation sites (tertiary alicyclic amines) is 1. The van der Waals surface area contributed by atoms with Gasteiger partial charge in [0.05, 0.1) is 5.69 Å². The smallest absolute Gasteiger partial charge is 0.219 e. The van der Waals surface area contributed by atoms with Crippen LogP contribution in [0.25, 0.3) is 0 Å². The van der Waals surface area contributed by atoms with Crippen molar-refractivity contribution in [3.05, 3.63) is 28.2 Å². The first-order chi connectivity index (χ1) is 11.4. The second kappa shape index (κ2) is 6.84. The largest absolute Gasteiger partial charge is 0.342 e. The molecule has 0 aromatic carbocycles. The molecule has 3 rings (SSSR count). The van der Waals surface area contributed by atoms with Gasteiger partial charge in [-0.2, -0.15) is 0 Å². The molecule has 1 fully saturated rings. The van der Waals surface area contributed by atoms with Crippen LogP contribution >= 0.6 is 11.3 Å². The Labute approximate surface area is 146 Å². The predicted octanol–water partition coefficient (Wildman–Crippen LogP) is 3.33. The van der Waals surface area contributed by atoms with Gasteiger partial charge in [-0.15, -0.1) is 11.3 Å². The Morgan fingerprint density at radius 3 is 2.75 bits per heavy atom. The average Bonchev–Trinajstić information content (AvgIpc) is 2.84. The average molecular weight is 345 g/mol. The summed E-state index contributed by atoms with van der Waals surface area (Å²) in [5, 5.41) is 4.15. The zero-order valence-electron chi connectivity index (χ0n) is 14.6. The van der Waals surface area contributed by atoms with Crippen molar-refractivity contribution in [3.63, 3.8) is 0 Å². The van der Waals surface area contributed by atoms with Crippen molar-refractivity contribution in [2.75, 3.05) is 18.4 Å². The van der Waals surface area contributed by atoms with E-state index in [2.05, 4.69) is 22.2 Å². The summed E-state index contributed by atoms with van der Waals surface area (Å²) in [6.07, 6.45) is 2.01. The van der Waals surface area contributed by atoms with E-state index in [0.717, 1.165) is 47.5 Å². The lowest BCUT2D eigenvalue weighted by atomic mass is 9.97. The molecule has 7 heteroatoms. The van der Waals surface area contributed by atoms with E-state index in [1.165, 1.54) is 4.88 Å². The molecule has 1 aliphatic heterocycles. The van der Waals surface area contributed by atoms with Crippen LogP contribution in [0.5, 0.6) is 0 Å². The quantitative estimate of drug-likeness (QED) is 0.924. The molecule has 1 N–H and O–H groups in total. The van der Waals surface area contributed by atoms with E-state index in [-0.39, 0.29) is 11.8 Å². The van der Waals surface area contributed by atoms with E-state index in [1.54, 1.807) is 18.3 Å². The lowest BCUT2D eigenvalue weighted by Gasteiger charge is -2.31. The van der Waals surface area contributed by atoms with E-state index in [4.69, 9.17) is 4.98 Å². The molecule has 0 aliphatic carbocycles. The summed E-state index contributed by atoms with van der Waals surface area (Å²) >= 11 is 1.63. The predicted molar refractivity (Wildman–Crippen MR) is 95.9 cm³/mol. The van der Waals surface area contributed by atoms with E-state index >= 15 is 0 Å². The van der Waals surface area contributed by atoms with Gasteiger partial charge in [0.15, 0.2) is 5.13 Å². The third-order valence-corrected chi connectivity index (χ3v) is 5.36. The van der Waals surface area contributed by atoms with Gasteiger partial charge in [0, 0.05) is 42.6 Å². The van der Waals surface area contributed by atoms with Gasteiger partial charge < -0.3 is 10.2 Å². The zero-order chi connectivity index (χ0) is 17.3. The van der Waals surface area contributed by atoms with Crippen LogP contribution in [0.4, 0.5) is 10.9 Å². The van der Waals surface area contributed by atoms with Gasteiger partial charge in [-0.05, 0) is 33.6 Å². The van der Waals surface area contributed by atoms with Crippen LogP contribution in [0.1, 0.15) is 47.8 Å². The summed E-state index contributed by atoms with van der Waals surface area (Å²) in [4.78, 5) is 28.5. The number of thiazole rings is 1. The van der Waals surface area contributed by atoms with Gasteiger partial charge in [0.2, 0.25) is 5.91 Å². The fourth-order valence-corrected chi connectivity index (χ4v) is 3.77. The number of hydrogen-bond acceptors (Lipinski definition) is 6. The molecule has 0 radical (unpaired) electrons. The first kappa shape index (κ1) is 16.8. The summed E-state index contributed by atoms with van der Waals surface area (Å²) in [7, 11) is 0. The topological polar surface area (TPSA) is 71.0 Å². The number of aromatic nitrogens is 3. The molecule has 3 heterocycles. The highest BCUT2D eigenvalue weighted by Crippen LogP contribution is 2.28. The van der Waals surface area contributed by atoms with Crippen molar-refractivity contribution in [3.8, 4) is 0 Å². The maximum absolute atomic E-state index is 11.7. The normalized spacial score (nSPS) is 17.8. The third kappa shape index (κ3) is 3.72. The summed E-state index contributed by atoms with van der Waals surface area (Å²) in [5.41, 5.74) is 1.96. The highest BCUT2D eigenvalue weighted by atomic mass is 32.1. The molecule has 0 bridgehead atoms. The van der Waals surface area contributed by atoms with Crippen LogP contribution < -0.4 is 5.32 Å². The molecule has 0 saturated carbocycles. The minimum atomic E-state index is 0.124. The molecule has 2 aromatic heterocycles.